The van der Waals surface area contributed by atoms with Gasteiger partial charge in [-0.25, -0.2) is 14.6 Å². The predicted molar refractivity (Wildman–Crippen MR) is 98.8 cm³/mol. The van der Waals surface area contributed by atoms with Crippen LogP contribution in [0.15, 0.2) is 11.1 Å². The summed E-state index contributed by atoms with van der Waals surface area (Å²) in [4.78, 5) is 54.0. The van der Waals surface area contributed by atoms with Crippen LogP contribution in [0.5, 0.6) is 0 Å². The lowest BCUT2D eigenvalue weighted by Gasteiger charge is -2.15. The lowest BCUT2D eigenvalue weighted by molar-refractivity contribution is -0.157. The second-order valence-corrected chi connectivity index (χ2v) is 6.48. The topological polar surface area (TPSA) is 117 Å². The van der Waals surface area contributed by atoms with Crippen LogP contribution in [0.1, 0.15) is 36.0 Å². The highest BCUT2D eigenvalue weighted by Crippen LogP contribution is 2.26. The Bertz CT molecular complexity index is 915. The largest absolute Gasteiger partial charge is 0.464 e. The second-order valence-electron chi connectivity index (χ2n) is 5.48. The number of rotatable bonds is 7. The van der Waals surface area contributed by atoms with Crippen molar-refractivity contribution >= 4 is 39.4 Å². The minimum Gasteiger partial charge on any atom is -0.464 e. The molecule has 1 N–H and O–H groups in total. The summed E-state index contributed by atoms with van der Waals surface area (Å²) >= 11 is 1.02. The van der Waals surface area contributed by atoms with E-state index in [9.17, 15) is 19.2 Å². The number of carbonyl (C=O) groups excluding carboxylic acids is 3. The fourth-order valence-corrected chi connectivity index (χ4v) is 3.51. The normalized spacial score (nSPS) is 10.9. The Morgan fingerprint density at radius 1 is 1.19 bits per heavy atom. The van der Waals surface area contributed by atoms with Gasteiger partial charge in [0.15, 0.2) is 0 Å². The highest BCUT2D eigenvalue weighted by Gasteiger charge is 2.32. The van der Waals surface area contributed by atoms with Crippen LogP contribution in [0, 0.1) is 6.92 Å². The van der Waals surface area contributed by atoms with E-state index < -0.39 is 23.9 Å². The Labute approximate surface area is 159 Å². The number of thiophene rings is 1. The van der Waals surface area contributed by atoms with Crippen molar-refractivity contribution in [1.29, 1.82) is 0 Å². The van der Waals surface area contributed by atoms with Crippen molar-refractivity contribution in [3.63, 3.8) is 0 Å². The molecule has 27 heavy (non-hydrogen) atoms. The zero-order chi connectivity index (χ0) is 20.1. The fraction of sp³-hybridized carbons (Fsp3) is 0.471. The summed E-state index contributed by atoms with van der Waals surface area (Å²) in [5.74, 6) is -2.49. The smallest absolute Gasteiger partial charge is 0.340 e. The molecule has 0 saturated heterocycles. The van der Waals surface area contributed by atoms with E-state index in [0.717, 1.165) is 11.3 Å². The number of carbonyl (C=O) groups is 3. The molecule has 2 heterocycles. The Hall–Kier alpha value is -2.75. The van der Waals surface area contributed by atoms with E-state index in [1.807, 2.05) is 6.92 Å². The first-order valence-electron chi connectivity index (χ1n) is 8.48. The maximum Gasteiger partial charge on any atom is 0.340 e. The molecule has 0 aliphatic rings. The number of amides is 1. The second kappa shape index (κ2) is 8.76. The number of aryl methyl sites for hydroxylation is 2. The van der Waals surface area contributed by atoms with Gasteiger partial charge in [0, 0.05) is 6.54 Å². The van der Waals surface area contributed by atoms with Crippen molar-refractivity contribution in [2.75, 3.05) is 13.2 Å². The zero-order valence-electron chi connectivity index (χ0n) is 15.5. The minimum absolute atomic E-state index is 0.0486. The van der Waals surface area contributed by atoms with Crippen LogP contribution >= 0.6 is 11.3 Å². The number of fused-ring (bicyclic) bond motifs is 1. The van der Waals surface area contributed by atoms with E-state index in [2.05, 4.69) is 10.3 Å². The van der Waals surface area contributed by atoms with Crippen molar-refractivity contribution in [2.45, 2.75) is 40.3 Å². The first-order chi connectivity index (χ1) is 12.8. The van der Waals surface area contributed by atoms with Gasteiger partial charge in [0.05, 0.1) is 29.8 Å². The molecule has 2 rings (SSSR count). The monoisotopic (exact) mass is 395 g/mol. The number of nitrogens with zero attached hydrogens (tertiary/aromatic N) is 2. The van der Waals surface area contributed by atoms with Crippen LogP contribution < -0.4 is 10.9 Å². The molecule has 0 aliphatic heterocycles. The fourth-order valence-electron chi connectivity index (χ4n) is 2.46. The molecule has 0 aliphatic carbocycles. The van der Waals surface area contributed by atoms with Crippen molar-refractivity contribution in [3.8, 4) is 0 Å². The number of hydrogen-bond acceptors (Lipinski definition) is 8. The number of nitrogens with one attached hydrogen (secondary N) is 1. The Balaban J connectivity index is 2.39. The molecule has 0 radical (unpaired) electrons. The van der Waals surface area contributed by atoms with Crippen molar-refractivity contribution in [1.82, 2.24) is 14.9 Å². The molecule has 10 heteroatoms. The molecule has 2 aromatic rings. The lowest BCUT2D eigenvalue weighted by atomic mass is 10.2. The van der Waals surface area contributed by atoms with Crippen molar-refractivity contribution in [3.05, 3.63) is 27.1 Å². The Morgan fingerprint density at radius 3 is 2.30 bits per heavy atom. The molecule has 0 fully saturated rings. The summed E-state index contributed by atoms with van der Waals surface area (Å²) in [6.07, 6.45) is 1.42. The van der Waals surface area contributed by atoms with Crippen LogP contribution in [-0.2, 0) is 25.6 Å². The third-order valence-electron chi connectivity index (χ3n) is 3.78. The van der Waals surface area contributed by atoms with Crippen LogP contribution in [0.3, 0.4) is 0 Å². The number of hydrogen-bond donors (Lipinski definition) is 1. The summed E-state index contributed by atoms with van der Waals surface area (Å²) in [5.41, 5.74) is 0.196. The van der Waals surface area contributed by atoms with Crippen LogP contribution in [0.25, 0.3) is 10.2 Å². The van der Waals surface area contributed by atoms with Crippen LogP contribution in [0.4, 0.5) is 0 Å². The van der Waals surface area contributed by atoms with Gasteiger partial charge in [0.2, 0.25) is 6.04 Å². The predicted octanol–water partition coefficient (Wildman–Crippen LogP) is 1.01. The van der Waals surface area contributed by atoms with E-state index in [1.165, 1.54) is 10.9 Å². The number of ether oxygens (including phenoxy) is 2. The highest BCUT2D eigenvalue weighted by molar-refractivity contribution is 7.20. The summed E-state index contributed by atoms with van der Waals surface area (Å²) in [6, 6.07) is -1.58. The van der Waals surface area contributed by atoms with Gasteiger partial charge in [0.1, 0.15) is 4.83 Å². The maximum absolute atomic E-state index is 12.7. The van der Waals surface area contributed by atoms with E-state index in [4.69, 9.17) is 9.47 Å². The standard InChI is InChI=1S/C17H21N3O6S/c1-5-20-8-18-14-10(15(20)22)9(4)12(27-14)13(21)19-11(16(23)25-6-2)17(24)26-7-3/h8,11H,5-7H2,1-4H3,(H,19,21). The quantitative estimate of drug-likeness (QED) is 0.549. The Morgan fingerprint density at radius 2 is 1.78 bits per heavy atom. The summed E-state index contributed by atoms with van der Waals surface area (Å²) in [5, 5.41) is 2.68. The molecule has 9 nitrogen and oxygen atoms in total. The molecule has 0 spiro atoms. The molecule has 0 aromatic carbocycles. The van der Waals surface area contributed by atoms with Crippen molar-refractivity contribution in [2.24, 2.45) is 0 Å². The number of esters is 2. The summed E-state index contributed by atoms with van der Waals surface area (Å²) < 4.78 is 11.1. The van der Waals surface area contributed by atoms with Gasteiger partial charge in [-0.15, -0.1) is 11.3 Å². The maximum atomic E-state index is 12.7. The zero-order valence-corrected chi connectivity index (χ0v) is 16.3. The molecule has 1 amide bonds. The van der Waals surface area contributed by atoms with Gasteiger partial charge in [-0.05, 0) is 33.3 Å². The van der Waals surface area contributed by atoms with E-state index in [0.29, 0.717) is 22.3 Å². The molecule has 0 saturated carbocycles. The molecular formula is C17H21N3O6S. The molecule has 0 bridgehead atoms. The molecular weight excluding hydrogens is 374 g/mol. The average Bonchev–Trinajstić information content (AvgIpc) is 2.97. The SMILES string of the molecule is CCOC(=O)C(NC(=O)c1sc2ncn(CC)c(=O)c2c1C)C(=O)OCC. The molecule has 146 valence electrons. The third-order valence-corrected chi connectivity index (χ3v) is 4.98. The third kappa shape index (κ3) is 4.16. The lowest BCUT2D eigenvalue weighted by Crippen LogP contribution is -2.48. The Kier molecular flexibility index (Phi) is 6.67. The van der Waals surface area contributed by atoms with Crippen LogP contribution in [-0.4, -0.2) is 46.7 Å². The van der Waals surface area contributed by atoms with Gasteiger partial charge >= 0.3 is 11.9 Å². The average molecular weight is 395 g/mol. The summed E-state index contributed by atoms with van der Waals surface area (Å²) in [7, 11) is 0. The first-order valence-corrected chi connectivity index (χ1v) is 9.29. The van der Waals surface area contributed by atoms with Gasteiger partial charge in [-0.1, -0.05) is 0 Å². The number of aromatic nitrogens is 2. The van der Waals surface area contributed by atoms with Crippen molar-refractivity contribution < 1.29 is 23.9 Å². The van der Waals surface area contributed by atoms with Gasteiger partial charge < -0.3 is 14.8 Å². The summed E-state index contributed by atoms with van der Waals surface area (Å²) in [6.45, 7) is 7.16. The van der Waals surface area contributed by atoms with E-state index >= 15 is 0 Å². The van der Waals surface area contributed by atoms with Gasteiger partial charge in [-0.2, -0.15) is 0 Å². The van der Waals surface area contributed by atoms with Gasteiger partial charge in [0.25, 0.3) is 11.5 Å². The first kappa shape index (κ1) is 20.6. The highest BCUT2D eigenvalue weighted by atomic mass is 32.1. The van der Waals surface area contributed by atoms with E-state index in [-0.39, 0.29) is 23.7 Å². The van der Waals surface area contributed by atoms with Crippen LogP contribution in [0.2, 0.25) is 0 Å². The van der Waals surface area contributed by atoms with Gasteiger partial charge in [-0.3, -0.25) is 14.2 Å². The molecule has 0 unspecified atom stereocenters. The minimum atomic E-state index is -1.58. The molecule has 2 aromatic heterocycles. The van der Waals surface area contributed by atoms with E-state index in [1.54, 1.807) is 20.8 Å². The molecule has 0 atom stereocenters.